The van der Waals surface area contributed by atoms with E-state index in [2.05, 4.69) is 30.8 Å². The van der Waals surface area contributed by atoms with Gasteiger partial charge in [-0.1, -0.05) is 104 Å². The zero-order valence-electron chi connectivity index (χ0n) is 14.9. The van der Waals surface area contributed by atoms with Crippen molar-refractivity contribution in [2.24, 2.45) is 0 Å². The molecule has 1 saturated heterocycles. The van der Waals surface area contributed by atoms with Crippen LogP contribution in [0, 0.1) is 0 Å². The number of cyclic esters (lactones) is 1. The Morgan fingerprint density at radius 2 is 1.30 bits per heavy atom. The summed E-state index contributed by atoms with van der Waals surface area (Å²) in [6, 6.07) is 32.1. The Morgan fingerprint density at radius 1 is 0.704 bits per heavy atom. The molecular weight excluding hydrogens is 332 g/mol. The number of rotatable bonds is 2. The summed E-state index contributed by atoms with van der Waals surface area (Å²) >= 11 is 0. The normalized spacial score (nSPS) is 18.8. The van der Waals surface area contributed by atoms with Gasteiger partial charge in [0.1, 0.15) is 6.10 Å². The van der Waals surface area contributed by atoms with Crippen LogP contribution in [0.1, 0.15) is 23.1 Å². The minimum atomic E-state index is -0.395. The SMILES string of the molecule is C=C1C(=O)O[C@H](c2ccccccccc2)[C@@H]1c1cccc2ccccc12. The van der Waals surface area contributed by atoms with Gasteiger partial charge in [-0.3, -0.25) is 0 Å². The second-order valence-electron chi connectivity index (χ2n) is 6.58. The van der Waals surface area contributed by atoms with Crippen molar-refractivity contribution in [3.63, 3.8) is 0 Å². The Hall–Kier alpha value is -3.39. The maximum absolute atomic E-state index is 12.4. The zero-order valence-corrected chi connectivity index (χ0v) is 14.9. The second kappa shape index (κ2) is 7.46. The van der Waals surface area contributed by atoms with E-state index in [4.69, 9.17) is 4.74 Å². The molecule has 2 nitrogen and oxygen atoms in total. The number of carbonyl (C=O) groups is 1. The fourth-order valence-electron chi connectivity index (χ4n) is 3.60. The summed E-state index contributed by atoms with van der Waals surface area (Å²) in [6.07, 6.45) is -0.395. The highest BCUT2D eigenvalue weighted by molar-refractivity contribution is 5.95. The number of hydrogen-bond donors (Lipinski definition) is 0. The van der Waals surface area contributed by atoms with Gasteiger partial charge in [0.05, 0.1) is 5.92 Å². The third kappa shape index (κ3) is 3.34. The molecule has 0 amide bonds. The van der Waals surface area contributed by atoms with Crippen molar-refractivity contribution in [2.45, 2.75) is 12.0 Å². The predicted molar refractivity (Wildman–Crippen MR) is 109 cm³/mol. The van der Waals surface area contributed by atoms with Gasteiger partial charge in [0.2, 0.25) is 0 Å². The highest BCUT2D eigenvalue weighted by Crippen LogP contribution is 2.46. The molecule has 1 aliphatic heterocycles. The molecule has 0 aromatic heterocycles. The molecule has 1 aliphatic rings. The average molecular weight is 352 g/mol. The molecule has 1 heterocycles. The third-order valence-electron chi connectivity index (χ3n) is 4.91. The molecule has 0 radical (unpaired) electrons. The van der Waals surface area contributed by atoms with Crippen LogP contribution >= 0.6 is 0 Å². The summed E-state index contributed by atoms with van der Waals surface area (Å²) < 4.78 is 5.76. The maximum atomic E-state index is 12.4. The minimum Gasteiger partial charge on any atom is -0.453 e. The standard InChI is InChI=1S/C25H20O2/c1-18-23(22-17-11-15-19-12-9-10-16-21(19)22)24(27-25(18)26)20-13-7-5-3-2-4-6-8-14-20/h2-17,23-24H,1H2/t23-,24+/m0/s1. The molecule has 2 heteroatoms. The van der Waals surface area contributed by atoms with E-state index >= 15 is 0 Å². The van der Waals surface area contributed by atoms with Crippen LogP contribution < -0.4 is 0 Å². The van der Waals surface area contributed by atoms with Gasteiger partial charge >= 0.3 is 5.97 Å². The smallest absolute Gasteiger partial charge is 0.334 e. The Labute approximate surface area is 159 Å². The molecule has 1 fully saturated rings. The molecule has 132 valence electrons. The summed E-state index contributed by atoms with van der Waals surface area (Å²) in [5.41, 5.74) is 2.51. The van der Waals surface area contributed by atoms with Gasteiger partial charge in [-0.25, -0.2) is 4.79 Å². The van der Waals surface area contributed by atoms with E-state index in [1.165, 1.54) is 0 Å². The molecule has 27 heavy (non-hydrogen) atoms. The first-order valence-corrected chi connectivity index (χ1v) is 9.01. The highest BCUT2D eigenvalue weighted by atomic mass is 16.6. The fourth-order valence-corrected chi connectivity index (χ4v) is 3.60. The molecule has 3 aromatic rings. The molecule has 0 saturated carbocycles. The van der Waals surface area contributed by atoms with Crippen LogP contribution in [0.2, 0.25) is 0 Å². The van der Waals surface area contributed by atoms with E-state index in [-0.39, 0.29) is 11.9 Å². The highest BCUT2D eigenvalue weighted by Gasteiger charge is 2.41. The summed E-state index contributed by atoms with van der Waals surface area (Å²) in [4.78, 5) is 12.4. The van der Waals surface area contributed by atoms with Crippen molar-refractivity contribution in [2.75, 3.05) is 0 Å². The molecule has 0 bridgehead atoms. The molecular formula is C25H20O2. The molecule has 0 N–H and O–H groups in total. The number of fused-ring (bicyclic) bond motifs is 1. The second-order valence-corrected chi connectivity index (χ2v) is 6.58. The van der Waals surface area contributed by atoms with Crippen LogP contribution in [0.4, 0.5) is 0 Å². The van der Waals surface area contributed by atoms with E-state index in [1.807, 2.05) is 72.8 Å². The van der Waals surface area contributed by atoms with Crippen LogP contribution in [-0.2, 0) is 9.53 Å². The number of ether oxygens (including phenoxy) is 1. The van der Waals surface area contributed by atoms with Gasteiger partial charge in [-0.2, -0.15) is 0 Å². The first-order valence-electron chi connectivity index (χ1n) is 9.01. The maximum Gasteiger partial charge on any atom is 0.334 e. The Bertz CT molecular complexity index is 1040. The average Bonchev–Trinajstić information content (AvgIpc) is 3.00. The monoisotopic (exact) mass is 352 g/mol. The van der Waals surface area contributed by atoms with Gasteiger partial charge in [0.25, 0.3) is 0 Å². The first kappa shape index (κ1) is 17.0. The molecule has 0 spiro atoms. The van der Waals surface area contributed by atoms with Gasteiger partial charge < -0.3 is 4.74 Å². The van der Waals surface area contributed by atoms with Gasteiger partial charge in [-0.05, 0) is 21.9 Å². The van der Waals surface area contributed by atoms with E-state index in [9.17, 15) is 4.79 Å². The third-order valence-corrected chi connectivity index (χ3v) is 4.91. The predicted octanol–water partition coefficient (Wildman–Crippen LogP) is 5.90. The number of benzene rings is 2. The number of esters is 1. The largest absolute Gasteiger partial charge is 0.453 e. The lowest BCUT2D eigenvalue weighted by molar-refractivity contribution is -0.139. The first-order chi connectivity index (χ1) is 13.3. The summed E-state index contributed by atoms with van der Waals surface area (Å²) in [7, 11) is 0. The van der Waals surface area contributed by atoms with Crippen molar-refractivity contribution >= 4 is 16.7 Å². The van der Waals surface area contributed by atoms with E-state index < -0.39 is 6.10 Å². The van der Waals surface area contributed by atoms with Gasteiger partial charge in [-0.15, -0.1) is 0 Å². The van der Waals surface area contributed by atoms with E-state index in [0.717, 1.165) is 21.9 Å². The van der Waals surface area contributed by atoms with Crippen molar-refractivity contribution < 1.29 is 9.53 Å². The van der Waals surface area contributed by atoms with Crippen LogP contribution in [0.5, 0.6) is 0 Å². The molecule has 0 unspecified atom stereocenters. The van der Waals surface area contributed by atoms with E-state index in [1.54, 1.807) is 0 Å². The lowest BCUT2D eigenvalue weighted by Crippen LogP contribution is -2.07. The molecule has 3 aromatic carbocycles. The van der Waals surface area contributed by atoms with Crippen molar-refractivity contribution in [1.29, 1.82) is 0 Å². The topological polar surface area (TPSA) is 26.3 Å². The fraction of sp³-hybridized carbons (Fsp3) is 0.0800. The Morgan fingerprint density at radius 3 is 2.04 bits per heavy atom. The lowest BCUT2D eigenvalue weighted by Gasteiger charge is -2.20. The van der Waals surface area contributed by atoms with Gasteiger partial charge in [0.15, 0.2) is 0 Å². The Kier molecular flexibility index (Phi) is 4.71. The number of carbonyl (C=O) groups excluding carboxylic acids is 1. The lowest BCUT2D eigenvalue weighted by atomic mass is 9.84. The zero-order chi connectivity index (χ0) is 18.6. The van der Waals surface area contributed by atoms with Crippen molar-refractivity contribution in [3.8, 4) is 0 Å². The minimum absolute atomic E-state index is 0.213. The summed E-state index contributed by atoms with van der Waals surface area (Å²) in [5, 5.41) is 2.27. The van der Waals surface area contributed by atoms with Gasteiger partial charge in [0, 0.05) is 5.57 Å². The van der Waals surface area contributed by atoms with Crippen LogP contribution in [0.15, 0.2) is 109 Å². The number of hydrogen-bond acceptors (Lipinski definition) is 2. The van der Waals surface area contributed by atoms with Crippen LogP contribution in [-0.4, -0.2) is 5.97 Å². The quantitative estimate of drug-likeness (QED) is 0.424. The molecule has 4 rings (SSSR count). The van der Waals surface area contributed by atoms with Crippen LogP contribution in [0.25, 0.3) is 10.8 Å². The summed E-state index contributed by atoms with van der Waals surface area (Å²) in [6.45, 7) is 4.05. The van der Waals surface area contributed by atoms with Crippen molar-refractivity contribution in [3.05, 3.63) is 120 Å². The Balaban J connectivity index is 1.88. The molecule has 2 atom stereocenters. The van der Waals surface area contributed by atoms with Crippen molar-refractivity contribution in [1.82, 2.24) is 0 Å². The molecule has 0 aliphatic carbocycles. The van der Waals surface area contributed by atoms with Crippen LogP contribution in [0.3, 0.4) is 0 Å². The summed E-state index contributed by atoms with van der Waals surface area (Å²) in [5.74, 6) is -0.542. The van der Waals surface area contributed by atoms with E-state index in [0.29, 0.717) is 5.57 Å².